The smallest absolute Gasteiger partial charge is 0.255 e. The molecule has 1 heterocycles. The van der Waals surface area contributed by atoms with Crippen LogP contribution in [0.5, 0.6) is 0 Å². The third-order valence-corrected chi connectivity index (χ3v) is 6.00. The van der Waals surface area contributed by atoms with Crippen molar-refractivity contribution in [1.82, 2.24) is 5.32 Å². The molecule has 0 spiro atoms. The van der Waals surface area contributed by atoms with Crippen LogP contribution in [0.15, 0.2) is 36.4 Å². The molecule has 1 aliphatic heterocycles. The number of amides is 3. The molecule has 1 fully saturated rings. The van der Waals surface area contributed by atoms with Crippen molar-refractivity contribution in [2.24, 2.45) is 0 Å². The van der Waals surface area contributed by atoms with Crippen molar-refractivity contribution in [3.8, 4) is 0 Å². The number of anilines is 3. The molecule has 1 saturated carbocycles. The number of hydrogen-bond acceptors (Lipinski definition) is 4. The van der Waals surface area contributed by atoms with E-state index in [0.717, 1.165) is 36.9 Å². The molecule has 7 heteroatoms. The first kappa shape index (κ1) is 20.9. The van der Waals surface area contributed by atoms with Crippen LogP contribution in [-0.2, 0) is 4.79 Å². The third-order valence-electron chi connectivity index (χ3n) is 6.00. The van der Waals surface area contributed by atoms with Gasteiger partial charge < -0.3 is 20.9 Å². The Balaban J connectivity index is 1.44. The molecule has 2 aromatic carbocycles. The third kappa shape index (κ3) is 4.71. The molecule has 0 aromatic heterocycles. The van der Waals surface area contributed by atoms with Crippen LogP contribution in [0.1, 0.15) is 58.4 Å². The minimum atomic E-state index is -0.271. The lowest BCUT2D eigenvalue weighted by atomic mass is 9.95. The summed E-state index contributed by atoms with van der Waals surface area (Å²) in [5, 5.41) is 8.84. The summed E-state index contributed by atoms with van der Waals surface area (Å²) in [4.78, 5) is 39.0. The average Bonchev–Trinajstić information content (AvgIpc) is 2.75. The molecule has 0 atom stereocenters. The number of benzene rings is 2. The molecule has 31 heavy (non-hydrogen) atoms. The van der Waals surface area contributed by atoms with Crippen molar-refractivity contribution >= 4 is 34.8 Å². The predicted molar refractivity (Wildman–Crippen MR) is 122 cm³/mol. The van der Waals surface area contributed by atoms with E-state index < -0.39 is 0 Å². The Kier molecular flexibility index (Phi) is 5.93. The van der Waals surface area contributed by atoms with E-state index in [1.165, 1.54) is 6.42 Å². The van der Waals surface area contributed by atoms with Crippen LogP contribution in [0.2, 0.25) is 0 Å². The fraction of sp³-hybridized carbons (Fsp3) is 0.375. The number of nitrogens with zero attached hydrogens (tertiary/aromatic N) is 1. The molecule has 0 saturated heterocycles. The number of fused-ring (bicyclic) bond motifs is 1. The Morgan fingerprint density at radius 2 is 1.71 bits per heavy atom. The van der Waals surface area contributed by atoms with Crippen LogP contribution >= 0.6 is 0 Å². The van der Waals surface area contributed by atoms with Crippen LogP contribution in [0.4, 0.5) is 17.1 Å². The summed E-state index contributed by atoms with van der Waals surface area (Å²) in [6.07, 6.45) is 5.65. The van der Waals surface area contributed by atoms with Gasteiger partial charge in [-0.3, -0.25) is 14.4 Å². The lowest BCUT2D eigenvalue weighted by Gasteiger charge is -2.27. The summed E-state index contributed by atoms with van der Waals surface area (Å²) in [5.74, 6) is -0.444. The van der Waals surface area contributed by atoms with E-state index >= 15 is 0 Å². The second-order valence-corrected chi connectivity index (χ2v) is 8.43. The number of aryl methyl sites for hydroxylation is 1. The van der Waals surface area contributed by atoms with Crippen molar-refractivity contribution in [2.45, 2.75) is 45.1 Å². The van der Waals surface area contributed by atoms with E-state index in [1.54, 1.807) is 30.3 Å². The van der Waals surface area contributed by atoms with Crippen LogP contribution in [0.25, 0.3) is 0 Å². The maximum atomic E-state index is 12.8. The lowest BCUT2D eigenvalue weighted by molar-refractivity contribution is -0.115. The minimum Gasteiger partial charge on any atom is -0.364 e. The topological polar surface area (TPSA) is 90.5 Å². The average molecular weight is 421 g/mol. The number of rotatable bonds is 4. The Morgan fingerprint density at radius 1 is 1.00 bits per heavy atom. The van der Waals surface area contributed by atoms with Crippen molar-refractivity contribution in [3.63, 3.8) is 0 Å². The van der Waals surface area contributed by atoms with Gasteiger partial charge in [-0.2, -0.15) is 0 Å². The largest absolute Gasteiger partial charge is 0.364 e. The molecular formula is C24H28N4O3. The molecule has 162 valence electrons. The molecule has 2 aliphatic rings. The van der Waals surface area contributed by atoms with Crippen LogP contribution in [0, 0.1) is 6.92 Å². The molecule has 7 nitrogen and oxygen atoms in total. The number of carbonyl (C=O) groups excluding carboxylic acids is 3. The molecular weight excluding hydrogens is 392 g/mol. The van der Waals surface area contributed by atoms with Crippen LogP contribution in [0.3, 0.4) is 0 Å². The zero-order valence-electron chi connectivity index (χ0n) is 18.0. The van der Waals surface area contributed by atoms with Gasteiger partial charge in [0.15, 0.2) is 0 Å². The highest BCUT2D eigenvalue weighted by molar-refractivity contribution is 6.08. The van der Waals surface area contributed by atoms with Crippen LogP contribution in [-0.4, -0.2) is 37.4 Å². The Labute approximate surface area is 182 Å². The van der Waals surface area contributed by atoms with Gasteiger partial charge in [0, 0.05) is 29.9 Å². The first-order chi connectivity index (χ1) is 14.9. The summed E-state index contributed by atoms with van der Waals surface area (Å²) in [6.45, 7) is 2.16. The quantitative estimate of drug-likeness (QED) is 0.704. The van der Waals surface area contributed by atoms with Gasteiger partial charge in [-0.1, -0.05) is 19.3 Å². The van der Waals surface area contributed by atoms with E-state index in [1.807, 2.05) is 24.9 Å². The fourth-order valence-corrected chi connectivity index (χ4v) is 4.26. The number of carbonyl (C=O) groups is 3. The van der Waals surface area contributed by atoms with Gasteiger partial charge in [0.25, 0.3) is 11.8 Å². The first-order valence-electron chi connectivity index (χ1n) is 10.8. The molecule has 0 bridgehead atoms. The normalized spacial score (nSPS) is 16.3. The Morgan fingerprint density at radius 3 is 2.45 bits per heavy atom. The maximum absolute atomic E-state index is 12.8. The fourth-order valence-electron chi connectivity index (χ4n) is 4.26. The molecule has 4 rings (SSSR count). The zero-order chi connectivity index (χ0) is 22.0. The zero-order valence-corrected chi connectivity index (χ0v) is 18.0. The van der Waals surface area contributed by atoms with Crippen LogP contribution < -0.4 is 20.9 Å². The molecule has 0 radical (unpaired) electrons. The Bertz CT molecular complexity index is 1030. The highest BCUT2D eigenvalue weighted by Gasteiger charge is 2.21. The highest BCUT2D eigenvalue weighted by Crippen LogP contribution is 2.30. The van der Waals surface area contributed by atoms with Gasteiger partial charge in [0.2, 0.25) is 5.91 Å². The molecule has 0 unspecified atom stereocenters. The molecule has 3 N–H and O–H groups in total. The van der Waals surface area contributed by atoms with Gasteiger partial charge in [0.1, 0.15) is 0 Å². The second-order valence-electron chi connectivity index (χ2n) is 8.43. The van der Waals surface area contributed by atoms with Crippen molar-refractivity contribution in [2.75, 3.05) is 29.1 Å². The van der Waals surface area contributed by atoms with E-state index in [-0.39, 0.29) is 23.8 Å². The standard InChI is InChI=1S/C24H28N4O3/c1-15-12-16(23(30)25-18-6-4-3-5-7-18)8-10-19(15)27-24(31)17-9-11-21-20(13-17)26-22(29)14-28(21)2/h8-13,18H,3-7,14H2,1-2H3,(H,25,30)(H,26,29)(H,27,31). The van der Waals surface area contributed by atoms with Gasteiger partial charge in [-0.25, -0.2) is 0 Å². The summed E-state index contributed by atoms with van der Waals surface area (Å²) in [5.41, 5.74) is 4.01. The highest BCUT2D eigenvalue weighted by atomic mass is 16.2. The molecule has 2 aromatic rings. The Hall–Kier alpha value is -3.35. The molecule has 1 aliphatic carbocycles. The first-order valence-corrected chi connectivity index (χ1v) is 10.8. The van der Waals surface area contributed by atoms with Gasteiger partial charge >= 0.3 is 0 Å². The summed E-state index contributed by atoms with van der Waals surface area (Å²) >= 11 is 0. The summed E-state index contributed by atoms with van der Waals surface area (Å²) in [7, 11) is 1.84. The maximum Gasteiger partial charge on any atom is 0.255 e. The van der Waals surface area contributed by atoms with E-state index in [2.05, 4.69) is 16.0 Å². The lowest BCUT2D eigenvalue weighted by Crippen LogP contribution is -2.36. The van der Waals surface area contributed by atoms with Gasteiger partial charge in [-0.05, 0) is 61.7 Å². The minimum absolute atomic E-state index is 0.0672. The monoisotopic (exact) mass is 420 g/mol. The van der Waals surface area contributed by atoms with E-state index in [9.17, 15) is 14.4 Å². The van der Waals surface area contributed by atoms with Crippen molar-refractivity contribution in [3.05, 3.63) is 53.1 Å². The van der Waals surface area contributed by atoms with E-state index in [4.69, 9.17) is 0 Å². The molecule has 3 amide bonds. The van der Waals surface area contributed by atoms with Gasteiger partial charge in [0.05, 0.1) is 17.9 Å². The van der Waals surface area contributed by atoms with E-state index in [0.29, 0.717) is 29.0 Å². The van der Waals surface area contributed by atoms with Gasteiger partial charge in [-0.15, -0.1) is 0 Å². The number of nitrogens with one attached hydrogen (secondary N) is 3. The summed E-state index contributed by atoms with van der Waals surface area (Å²) in [6, 6.07) is 10.8. The summed E-state index contributed by atoms with van der Waals surface area (Å²) < 4.78 is 0. The number of hydrogen-bond donors (Lipinski definition) is 3. The van der Waals surface area contributed by atoms with Crippen molar-refractivity contribution < 1.29 is 14.4 Å². The second kappa shape index (κ2) is 8.79. The predicted octanol–water partition coefficient (Wildman–Crippen LogP) is 3.70. The van der Waals surface area contributed by atoms with Crippen molar-refractivity contribution in [1.29, 1.82) is 0 Å². The SMILES string of the molecule is Cc1cc(C(=O)NC2CCCCC2)ccc1NC(=O)c1ccc2c(c1)NC(=O)CN2C. The number of likely N-dealkylation sites (N-methyl/N-ethyl adjacent to an activating group) is 1.